The number of anilines is 1. The lowest BCUT2D eigenvalue weighted by Crippen LogP contribution is -2.07. The van der Waals surface area contributed by atoms with E-state index in [1.54, 1.807) is 24.4 Å². The lowest BCUT2D eigenvalue weighted by atomic mass is 10.1. The van der Waals surface area contributed by atoms with Crippen LogP contribution in [0.25, 0.3) is 22.4 Å². The van der Waals surface area contributed by atoms with E-state index in [0.717, 1.165) is 5.56 Å². The van der Waals surface area contributed by atoms with Gasteiger partial charge in [0.25, 0.3) is 0 Å². The summed E-state index contributed by atoms with van der Waals surface area (Å²) in [6.07, 6.45) is 4.30. The Kier molecular flexibility index (Phi) is 4.07. The summed E-state index contributed by atoms with van der Waals surface area (Å²) in [5.74, 6) is -0.785. The van der Waals surface area contributed by atoms with Crippen LogP contribution < -0.4 is 5.32 Å². The maximum absolute atomic E-state index is 11.8. The number of hydrogen-bond acceptors (Lipinski definition) is 5. The topological polar surface area (TPSA) is 97.0 Å². The molecule has 2 aromatic heterocycles. The van der Waals surface area contributed by atoms with Gasteiger partial charge in [-0.25, -0.2) is 14.8 Å². The van der Waals surface area contributed by atoms with Crippen molar-refractivity contribution in [2.45, 2.75) is 0 Å². The summed E-state index contributed by atoms with van der Waals surface area (Å²) < 4.78 is 4.74. The number of nitrogens with zero attached hydrogens (tertiary/aromatic N) is 2. The van der Waals surface area contributed by atoms with Crippen molar-refractivity contribution in [3.8, 4) is 11.3 Å². The van der Waals surface area contributed by atoms with Gasteiger partial charge in [0.05, 0.1) is 19.0 Å². The molecule has 0 atom stereocenters. The van der Waals surface area contributed by atoms with E-state index in [-0.39, 0.29) is 5.91 Å². The molecule has 3 rings (SSSR count). The zero-order chi connectivity index (χ0) is 17.1. The highest BCUT2D eigenvalue weighted by molar-refractivity contribution is 6.02. The van der Waals surface area contributed by atoms with Crippen molar-refractivity contribution in [2.75, 3.05) is 12.4 Å². The number of rotatable bonds is 4. The average molecular weight is 322 g/mol. The van der Waals surface area contributed by atoms with Gasteiger partial charge in [-0.1, -0.05) is 18.7 Å². The van der Waals surface area contributed by atoms with Gasteiger partial charge in [0.1, 0.15) is 11.1 Å². The molecule has 0 aliphatic rings. The molecule has 0 unspecified atom stereocenters. The highest BCUT2D eigenvalue weighted by Crippen LogP contribution is 2.23. The van der Waals surface area contributed by atoms with E-state index < -0.39 is 5.97 Å². The third kappa shape index (κ3) is 2.87. The van der Waals surface area contributed by atoms with Crippen molar-refractivity contribution in [1.82, 2.24) is 15.0 Å². The van der Waals surface area contributed by atoms with Gasteiger partial charge in [-0.05, 0) is 18.2 Å². The number of H-pyrrole nitrogens is 1. The van der Waals surface area contributed by atoms with Crippen LogP contribution in [0, 0.1) is 0 Å². The number of carbonyl (C=O) groups is 2. The normalized spacial score (nSPS) is 10.4. The number of aromatic nitrogens is 3. The molecular formula is C17H14N4O3. The Bertz CT molecular complexity index is 946. The maximum atomic E-state index is 11.8. The molecule has 7 heteroatoms. The Morgan fingerprint density at radius 2 is 2.21 bits per heavy atom. The number of fused-ring (bicyclic) bond motifs is 1. The summed E-state index contributed by atoms with van der Waals surface area (Å²) >= 11 is 0. The zero-order valence-electron chi connectivity index (χ0n) is 12.9. The van der Waals surface area contributed by atoms with Gasteiger partial charge in [-0.15, -0.1) is 0 Å². The number of hydrogen-bond donors (Lipinski definition) is 2. The first-order chi connectivity index (χ1) is 11.6. The van der Waals surface area contributed by atoms with Crippen molar-refractivity contribution in [1.29, 1.82) is 0 Å². The van der Waals surface area contributed by atoms with Crippen LogP contribution in [-0.4, -0.2) is 33.9 Å². The Balaban J connectivity index is 2.03. The average Bonchev–Trinajstić information content (AvgIpc) is 3.04. The van der Waals surface area contributed by atoms with Crippen LogP contribution in [0.5, 0.6) is 0 Å². The highest BCUT2D eigenvalue weighted by atomic mass is 16.5. The van der Waals surface area contributed by atoms with E-state index in [4.69, 9.17) is 4.74 Å². The second-order valence-corrected chi connectivity index (χ2v) is 4.92. The Morgan fingerprint density at radius 1 is 1.38 bits per heavy atom. The fourth-order valence-electron chi connectivity index (χ4n) is 2.25. The van der Waals surface area contributed by atoms with Gasteiger partial charge in [-0.3, -0.25) is 4.79 Å². The molecule has 1 amide bonds. The summed E-state index contributed by atoms with van der Waals surface area (Å²) in [4.78, 5) is 34.8. The predicted octanol–water partition coefficient (Wildman–Crippen LogP) is 2.54. The minimum atomic E-state index is -0.486. The summed E-state index contributed by atoms with van der Waals surface area (Å²) in [7, 11) is 1.31. The molecule has 2 N–H and O–H groups in total. The van der Waals surface area contributed by atoms with Crippen molar-refractivity contribution < 1.29 is 14.3 Å². The van der Waals surface area contributed by atoms with Crippen LogP contribution in [-0.2, 0) is 9.53 Å². The quantitative estimate of drug-likeness (QED) is 0.568. The van der Waals surface area contributed by atoms with Crippen LogP contribution >= 0.6 is 0 Å². The minimum Gasteiger partial charge on any atom is -0.465 e. The third-order valence-electron chi connectivity index (χ3n) is 3.40. The number of carbonyl (C=O) groups excluding carboxylic acids is 2. The van der Waals surface area contributed by atoms with Gasteiger partial charge in [0.15, 0.2) is 5.65 Å². The van der Waals surface area contributed by atoms with Crippen molar-refractivity contribution >= 4 is 28.7 Å². The molecule has 24 heavy (non-hydrogen) atoms. The van der Waals surface area contributed by atoms with E-state index >= 15 is 0 Å². The zero-order valence-corrected chi connectivity index (χ0v) is 12.9. The fraction of sp³-hybridized carbons (Fsp3) is 0.0588. The molecule has 2 heterocycles. The Hall–Kier alpha value is -3.48. The van der Waals surface area contributed by atoms with Crippen LogP contribution in [0.15, 0.2) is 49.3 Å². The molecule has 0 spiro atoms. The fourth-order valence-corrected chi connectivity index (χ4v) is 2.25. The highest BCUT2D eigenvalue weighted by Gasteiger charge is 2.15. The standard InChI is InChI=1S/C17H14N4O3/c1-3-14(22)20-11-6-4-5-10(7-11)13-9-19-16-15(21-13)12(8-18-16)17(23)24-2/h3-9H,1H2,2H3,(H,18,19)(H,20,22). The van der Waals surface area contributed by atoms with Crippen LogP contribution in [0.4, 0.5) is 5.69 Å². The molecule has 0 aliphatic carbocycles. The number of esters is 1. The second kappa shape index (κ2) is 6.33. The number of methoxy groups -OCH3 is 1. The molecular weight excluding hydrogens is 308 g/mol. The first-order valence-corrected chi connectivity index (χ1v) is 7.08. The summed E-state index contributed by atoms with van der Waals surface area (Å²) in [6, 6.07) is 7.15. The monoisotopic (exact) mass is 322 g/mol. The van der Waals surface area contributed by atoms with E-state index in [0.29, 0.717) is 28.1 Å². The molecule has 0 saturated heterocycles. The Labute approximate surface area is 137 Å². The summed E-state index contributed by atoms with van der Waals surface area (Å²) in [6.45, 7) is 3.42. The number of nitrogens with one attached hydrogen (secondary N) is 2. The van der Waals surface area contributed by atoms with Crippen molar-refractivity contribution in [3.63, 3.8) is 0 Å². The number of amides is 1. The molecule has 0 aliphatic heterocycles. The van der Waals surface area contributed by atoms with Crippen LogP contribution in [0.1, 0.15) is 10.4 Å². The molecule has 0 radical (unpaired) electrons. The van der Waals surface area contributed by atoms with E-state index in [2.05, 4.69) is 26.8 Å². The number of aromatic amines is 1. The molecule has 1 aromatic carbocycles. The molecule has 120 valence electrons. The first-order valence-electron chi connectivity index (χ1n) is 7.08. The second-order valence-electron chi connectivity index (χ2n) is 4.92. The van der Waals surface area contributed by atoms with E-state index in [9.17, 15) is 9.59 Å². The summed E-state index contributed by atoms with van der Waals surface area (Å²) in [5.41, 5.74) is 3.18. The van der Waals surface area contributed by atoms with Crippen molar-refractivity contribution in [3.05, 3.63) is 54.9 Å². The third-order valence-corrected chi connectivity index (χ3v) is 3.40. The summed E-state index contributed by atoms with van der Waals surface area (Å²) in [5, 5.41) is 2.69. The first kappa shape index (κ1) is 15.4. The SMILES string of the molecule is C=CC(=O)Nc1cccc(-c2cnc3[nH]cc(C(=O)OC)c3n2)c1. The van der Waals surface area contributed by atoms with Gasteiger partial charge < -0.3 is 15.0 Å². The van der Waals surface area contributed by atoms with Gasteiger partial charge in [0.2, 0.25) is 5.91 Å². The van der Waals surface area contributed by atoms with E-state index in [1.807, 2.05) is 6.07 Å². The molecule has 3 aromatic rings. The van der Waals surface area contributed by atoms with Gasteiger partial charge in [0, 0.05) is 17.4 Å². The molecule has 0 fully saturated rings. The predicted molar refractivity (Wildman–Crippen MR) is 89.5 cm³/mol. The lowest BCUT2D eigenvalue weighted by molar-refractivity contribution is -0.111. The van der Waals surface area contributed by atoms with Crippen LogP contribution in [0.3, 0.4) is 0 Å². The molecule has 0 bridgehead atoms. The Morgan fingerprint density at radius 3 is 2.96 bits per heavy atom. The molecule has 7 nitrogen and oxygen atoms in total. The minimum absolute atomic E-state index is 0.299. The smallest absolute Gasteiger partial charge is 0.341 e. The van der Waals surface area contributed by atoms with E-state index in [1.165, 1.54) is 19.4 Å². The largest absolute Gasteiger partial charge is 0.465 e. The van der Waals surface area contributed by atoms with Crippen LogP contribution in [0.2, 0.25) is 0 Å². The maximum Gasteiger partial charge on any atom is 0.341 e. The lowest BCUT2D eigenvalue weighted by Gasteiger charge is -2.06. The van der Waals surface area contributed by atoms with Crippen molar-refractivity contribution in [2.24, 2.45) is 0 Å². The molecule has 0 saturated carbocycles. The number of ether oxygens (including phenoxy) is 1. The van der Waals surface area contributed by atoms with Gasteiger partial charge >= 0.3 is 5.97 Å². The van der Waals surface area contributed by atoms with Gasteiger partial charge in [-0.2, -0.15) is 0 Å². The number of benzene rings is 1.